The summed E-state index contributed by atoms with van der Waals surface area (Å²) in [7, 11) is 0. The quantitative estimate of drug-likeness (QED) is 0.271. The Balaban J connectivity index is 1.39. The molecule has 1 aromatic heterocycles. The maximum absolute atomic E-state index is 14.6. The molecule has 4 rings (SSSR count). The van der Waals surface area contributed by atoms with E-state index in [2.05, 4.69) is 21.8 Å². The zero-order valence-corrected chi connectivity index (χ0v) is 18.2. The number of aryl methyl sites for hydroxylation is 2. The first kappa shape index (κ1) is 22.2. The molecular formula is C28H22F2N2O. The van der Waals surface area contributed by atoms with Crippen molar-refractivity contribution in [3.05, 3.63) is 113 Å². The molecule has 0 bridgehead atoms. The minimum Gasteiger partial charge on any atom is -0.486 e. The highest BCUT2D eigenvalue weighted by atomic mass is 19.1. The van der Waals surface area contributed by atoms with Gasteiger partial charge in [0.2, 0.25) is 0 Å². The fourth-order valence-corrected chi connectivity index (χ4v) is 3.29. The van der Waals surface area contributed by atoms with Crippen LogP contribution in [-0.4, -0.2) is 16.6 Å². The highest BCUT2D eigenvalue weighted by Gasteiger charge is 2.05. The first-order valence-electron chi connectivity index (χ1n) is 10.7. The lowest BCUT2D eigenvalue weighted by Crippen LogP contribution is -2.00. The smallest absolute Gasteiger partial charge is 0.156 e. The van der Waals surface area contributed by atoms with E-state index in [-0.39, 0.29) is 11.6 Å². The van der Waals surface area contributed by atoms with Crippen molar-refractivity contribution in [3.63, 3.8) is 0 Å². The van der Waals surface area contributed by atoms with E-state index in [1.807, 2.05) is 37.3 Å². The molecule has 3 aromatic carbocycles. The maximum atomic E-state index is 14.6. The molecule has 0 aliphatic heterocycles. The second-order valence-electron chi connectivity index (χ2n) is 7.49. The normalized spacial score (nSPS) is 10.9. The molecule has 0 aliphatic rings. The second-order valence-corrected chi connectivity index (χ2v) is 7.49. The summed E-state index contributed by atoms with van der Waals surface area (Å²) in [5, 5.41) is 1.69. The molecule has 0 spiro atoms. The second kappa shape index (κ2) is 10.5. The zero-order valence-electron chi connectivity index (χ0n) is 18.2. The van der Waals surface area contributed by atoms with Crippen LogP contribution >= 0.6 is 0 Å². The molecule has 3 nitrogen and oxygen atoms in total. The molecular weight excluding hydrogens is 418 g/mol. The fraction of sp³-hybridized carbons (Fsp3) is 0.143. The van der Waals surface area contributed by atoms with Crippen molar-refractivity contribution in [2.75, 3.05) is 6.61 Å². The molecule has 1 heterocycles. The largest absolute Gasteiger partial charge is 0.486 e. The lowest BCUT2D eigenvalue weighted by Gasteiger charge is -2.05. The van der Waals surface area contributed by atoms with Gasteiger partial charge in [-0.15, -0.1) is 0 Å². The lowest BCUT2D eigenvalue weighted by atomic mass is 10.0. The Morgan fingerprint density at radius 3 is 2.45 bits per heavy atom. The van der Waals surface area contributed by atoms with Crippen molar-refractivity contribution in [1.82, 2.24) is 9.97 Å². The van der Waals surface area contributed by atoms with Gasteiger partial charge in [0.1, 0.15) is 24.1 Å². The van der Waals surface area contributed by atoms with Gasteiger partial charge in [0.15, 0.2) is 5.75 Å². The summed E-state index contributed by atoms with van der Waals surface area (Å²) in [6.07, 6.45) is 8.32. The molecule has 5 heteroatoms. The van der Waals surface area contributed by atoms with Crippen LogP contribution < -0.4 is 4.74 Å². The molecule has 164 valence electrons. The topological polar surface area (TPSA) is 35.0 Å². The van der Waals surface area contributed by atoms with E-state index < -0.39 is 0 Å². The highest BCUT2D eigenvalue weighted by molar-refractivity contribution is 5.84. The van der Waals surface area contributed by atoms with Gasteiger partial charge in [-0.3, -0.25) is 0 Å². The molecule has 0 fully saturated rings. The van der Waals surface area contributed by atoms with Crippen LogP contribution in [0.25, 0.3) is 10.8 Å². The van der Waals surface area contributed by atoms with Crippen molar-refractivity contribution in [2.45, 2.75) is 19.8 Å². The summed E-state index contributed by atoms with van der Waals surface area (Å²) < 4.78 is 33.4. The third-order valence-electron chi connectivity index (χ3n) is 5.08. The van der Waals surface area contributed by atoms with Gasteiger partial charge in [-0.1, -0.05) is 42.2 Å². The predicted molar refractivity (Wildman–Crippen MR) is 126 cm³/mol. The van der Waals surface area contributed by atoms with Crippen molar-refractivity contribution in [2.24, 2.45) is 0 Å². The van der Waals surface area contributed by atoms with Crippen LogP contribution in [0, 0.1) is 23.5 Å². The van der Waals surface area contributed by atoms with Crippen LogP contribution in [0.1, 0.15) is 29.4 Å². The van der Waals surface area contributed by atoms with Gasteiger partial charge in [-0.05, 0) is 66.1 Å². The van der Waals surface area contributed by atoms with E-state index in [0.717, 1.165) is 21.9 Å². The van der Waals surface area contributed by atoms with Gasteiger partial charge in [0.25, 0.3) is 0 Å². The number of halogens is 2. The molecule has 4 aromatic rings. The molecule has 0 radical (unpaired) electrons. The van der Waals surface area contributed by atoms with Crippen LogP contribution in [0.15, 0.2) is 79.1 Å². The van der Waals surface area contributed by atoms with Gasteiger partial charge in [-0.25, -0.2) is 18.7 Å². The molecule has 0 atom stereocenters. The number of fused-ring (bicyclic) bond motifs is 1. The van der Waals surface area contributed by atoms with E-state index in [1.54, 1.807) is 30.6 Å². The molecule has 33 heavy (non-hydrogen) atoms. The van der Waals surface area contributed by atoms with Crippen LogP contribution in [0.4, 0.5) is 8.78 Å². The van der Waals surface area contributed by atoms with Crippen LogP contribution in [0.2, 0.25) is 0 Å². The van der Waals surface area contributed by atoms with Crippen molar-refractivity contribution in [3.8, 4) is 17.6 Å². The Morgan fingerprint density at radius 2 is 1.67 bits per heavy atom. The number of nitrogens with zero attached hydrogens (tertiary/aromatic N) is 2. The molecule has 0 saturated carbocycles. The Morgan fingerprint density at radius 1 is 0.879 bits per heavy atom. The number of ether oxygens (including phenoxy) is 1. The molecule has 0 unspecified atom stereocenters. The monoisotopic (exact) mass is 440 g/mol. The molecule has 0 N–H and O–H groups in total. The average Bonchev–Trinajstić information content (AvgIpc) is 2.83. The minimum atomic E-state index is -0.364. The van der Waals surface area contributed by atoms with E-state index >= 15 is 0 Å². The third-order valence-corrected chi connectivity index (χ3v) is 5.08. The number of hydrogen-bond donors (Lipinski definition) is 0. The van der Waals surface area contributed by atoms with Gasteiger partial charge in [0, 0.05) is 12.0 Å². The van der Waals surface area contributed by atoms with E-state index in [4.69, 9.17) is 4.74 Å². The number of aromatic nitrogens is 2. The summed E-state index contributed by atoms with van der Waals surface area (Å²) in [6.45, 7) is 2.41. The maximum Gasteiger partial charge on any atom is 0.156 e. The van der Waals surface area contributed by atoms with E-state index in [0.29, 0.717) is 36.6 Å². The SMILES string of the molecule is C/C=C/COc1cnc(CCc2ccc(C#Cc3ccc4cc(F)ccc4c3)c(F)c2)nc1. The van der Waals surface area contributed by atoms with Gasteiger partial charge < -0.3 is 4.74 Å². The van der Waals surface area contributed by atoms with Crippen molar-refractivity contribution >= 4 is 10.8 Å². The number of hydrogen-bond acceptors (Lipinski definition) is 3. The standard InChI is InChI=1S/C28H22F2N2O/c1-2-3-14-33-26-18-31-28(32-19-26)13-7-21-5-9-22(27(30)16-21)8-4-20-6-10-24-17-25(29)12-11-23(24)15-20/h2-3,5-6,9-12,15-19H,7,13-14H2,1H3/b3-2+. The first-order valence-corrected chi connectivity index (χ1v) is 10.7. The number of benzene rings is 3. The summed E-state index contributed by atoms with van der Waals surface area (Å²) in [5.41, 5.74) is 1.92. The summed E-state index contributed by atoms with van der Waals surface area (Å²) >= 11 is 0. The zero-order chi connectivity index (χ0) is 23.0. The van der Waals surface area contributed by atoms with Crippen LogP contribution in [-0.2, 0) is 12.8 Å². The number of allylic oxidation sites excluding steroid dienone is 1. The van der Waals surface area contributed by atoms with Crippen LogP contribution in [0.5, 0.6) is 5.75 Å². The van der Waals surface area contributed by atoms with E-state index in [1.165, 1.54) is 18.2 Å². The van der Waals surface area contributed by atoms with Gasteiger partial charge >= 0.3 is 0 Å². The van der Waals surface area contributed by atoms with Gasteiger partial charge in [-0.2, -0.15) is 0 Å². The Labute approximate surface area is 191 Å². The summed E-state index contributed by atoms with van der Waals surface area (Å²) in [5.74, 6) is 6.53. The Kier molecular flexibility index (Phi) is 7.06. The fourth-order valence-electron chi connectivity index (χ4n) is 3.29. The molecule has 0 amide bonds. The Hall–Kier alpha value is -4.04. The third kappa shape index (κ3) is 6.02. The molecule has 0 saturated heterocycles. The van der Waals surface area contributed by atoms with Crippen molar-refractivity contribution in [1.29, 1.82) is 0 Å². The highest BCUT2D eigenvalue weighted by Crippen LogP contribution is 2.18. The minimum absolute atomic E-state index is 0.277. The lowest BCUT2D eigenvalue weighted by molar-refractivity contribution is 0.359. The number of rotatable bonds is 6. The predicted octanol–water partition coefficient (Wildman–Crippen LogP) is 6.05. The summed E-state index contributed by atoms with van der Waals surface area (Å²) in [6, 6.07) is 15.1. The Bertz CT molecular complexity index is 1350. The van der Waals surface area contributed by atoms with Gasteiger partial charge in [0.05, 0.1) is 18.0 Å². The van der Waals surface area contributed by atoms with E-state index in [9.17, 15) is 8.78 Å². The average molecular weight is 440 g/mol. The van der Waals surface area contributed by atoms with Crippen molar-refractivity contribution < 1.29 is 13.5 Å². The first-order chi connectivity index (χ1) is 16.1. The molecule has 0 aliphatic carbocycles. The summed E-state index contributed by atoms with van der Waals surface area (Å²) in [4.78, 5) is 8.61. The van der Waals surface area contributed by atoms with Crippen LogP contribution in [0.3, 0.4) is 0 Å².